The molecule has 1 heterocycles. The van der Waals surface area contributed by atoms with Crippen LogP contribution in [0.3, 0.4) is 0 Å². The van der Waals surface area contributed by atoms with Gasteiger partial charge in [-0.1, -0.05) is 13.2 Å². The van der Waals surface area contributed by atoms with Crippen molar-refractivity contribution in [1.82, 2.24) is 15.1 Å². The van der Waals surface area contributed by atoms with Gasteiger partial charge in [-0.05, 0) is 38.7 Å². The number of carbonyl (C=O) groups is 1. The van der Waals surface area contributed by atoms with E-state index in [-0.39, 0.29) is 19.0 Å². The van der Waals surface area contributed by atoms with Gasteiger partial charge in [-0.3, -0.25) is 4.79 Å². The molecule has 1 fully saturated rings. The summed E-state index contributed by atoms with van der Waals surface area (Å²) in [5.41, 5.74) is -0.227. The van der Waals surface area contributed by atoms with Crippen LogP contribution in [0, 0.1) is 0 Å². The molecule has 0 saturated carbocycles. The van der Waals surface area contributed by atoms with E-state index in [4.69, 9.17) is 0 Å². The molecule has 5 nitrogen and oxygen atoms in total. The molecule has 2 N–H and O–H groups in total. The molecule has 1 unspecified atom stereocenters. The smallest absolute Gasteiger partial charge is 0.241 e. The maximum Gasteiger partial charge on any atom is 0.241 e. The lowest BCUT2D eigenvalue weighted by atomic mass is 10.1. The Hall–Kier alpha value is -1.82. The lowest BCUT2D eigenvalue weighted by Crippen LogP contribution is -2.35. The zero-order valence-electron chi connectivity index (χ0n) is 13.4. The van der Waals surface area contributed by atoms with E-state index in [0.29, 0.717) is 25.2 Å². The molecule has 0 aliphatic carbocycles. The molecular formula is C16H26FN3O2. The summed E-state index contributed by atoms with van der Waals surface area (Å²) in [5, 5.41) is 12.7. The number of hydrogen-bond donors (Lipinski definition) is 2. The summed E-state index contributed by atoms with van der Waals surface area (Å²) in [6.07, 6.45) is 4.42. The summed E-state index contributed by atoms with van der Waals surface area (Å²) in [7, 11) is 0. The minimum Gasteiger partial charge on any atom is -0.389 e. The van der Waals surface area contributed by atoms with Gasteiger partial charge >= 0.3 is 0 Å². The molecule has 0 radical (unpaired) electrons. The fourth-order valence-corrected chi connectivity index (χ4v) is 2.15. The highest BCUT2D eigenvalue weighted by Gasteiger charge is 2.25. The molecule has 22 heavy (non-hydrogen) atoms. The van der Waals surface area contributed by atoms with Crippen LogP contribution in [0.15, 0.2) is 37.3 Å². The number of alkyl halides is 1. The van der Waals surface area contributed by atoms with Gasteiger partial charge in [0.05, 0.1) is 25.2 Å². The molecule has 1 atom stereocenters. The SMILES string of the molecule is C=CN(CC(C)(C)O)C(=C)/C=C\NCC(=O)N1CCC(F)C1. The van der Waals surface area contributed by atoms with Crippen LogP contribution in [-0.4, -0.2) is 58.8 Å². The van der Waals surface area contributed by atoms with Crippen molar-refractivity contribution < 1.29 is 14.3 Å². The second kappa shape index (κ2) is 7.98. The molecule has 0 spiro atoms. The van der Waals surface area contributed by atoms with E-state index in [1.807, 2.05) is 0 Å². The van der Waals surface area contributed by atoms with E-state index in [0.717, 1.165) is 0 Å². The molecule has 1 saturated heterocycles. The fourth-order valence-electron chi connectivity index (χ4n) is 2.15. The van der Waals surface area contributed by atoms with Gasteiger partial charge in [-0.15, -0.1) is 0 Å². The Labute approximate surface area is 131 Å². The van der Waals surface area contributed by atoms with Crippen molar-refractivity contribution in [3.63, 3.8) is 0 Å². The minimum absolute atomic E-state index is 0.118. The Morgan fingerprint density at radius 1 is 1.59 bits per heavy atom. The minimum atomic E-state index is -0.901. The van der Waals surface area contributed by atoms with Crippen LogP contribution in [0.5, 0.6) is 0 Å². The van der Waals surface area contributed by atoms with Gasteiger partial charge < -0.3 is 20.2 Å². The van der Waals surface area contributed by atoms with Gasteiger partial charge in [0.1, 0.15) is 6.17 Å². The highest BCUT2D eigenvalue weighted by Crippen LogP contribution is 2.12. The largest absolute Gasteiger partial charge is 0.389 e. The van der Waals surface area contributed by atoms with Crippen LogP contribution in [-0.2, 0) is 4.79 Å². The Morgan fingerprint density at radius 3 is 2.77 bits per heavy atom. The standard InChI is InChI=1S/C16H26FN3O2/c1-5-19(12-16(3,4)22)13(2)6-8-18-10-15(21)20-9-7-14(17)11-20/h5-6,8,14,18,22H,1-2,7,9-12H2,3-4H3/b8-6-. The third-order valence-corrected chi connectivity index (χ3v) is 3.28. The molecule has 1 aliphatic rings. The Morgan fingerprint density at radius 2 is 2.27 bits per heavy atom. The van der Waals surface area contributed by atoms with Crippen LogP contribution in [0.2, 0.25) is 0 Å². The van der Waals surface area contributed by atoms with Gasteiger partial charge in [0, 0.05) is 12.2 Å². The highest BCUT2D eigenvalue weighted by molar-refractivity contribution is 5.78. The third-order valence-electron chi connectivity index (χ3n) is 3.28. The first-order valence-corrected chi connectivity index (χ1v) is 7.35. The summed E-state index contributed by atoms with van der Waals surface area (Å²) in [4.78, 5) is 15.0. The molecule has 0 aromatic carbocycles. The maximum absolute atomic E-state index is 13.0. The molecule has 1 rings (SSSR count). The summed E-state index contributed by atoms with van der Waals surface area (Å²) >= 11 is 0. The predicted octanol–water partition coefficient (Wildman–Crippen LogP) is 1.39. The molecule has 1 amide bonds. The first kappa shape index (κ1) is 18.2. The Bertz CT molecular complexity index is 443. The Balaban J connectivity index is 2.36. The lowest BCUT2D eigenvalue weighted by molar-refractivity contribution is -0.129. The topological polar surface area (TPSA) is 55.8 Å². The van der Waals surface area contributed by atoms with E-state index in [1.165, 1.54) is 4.90 Å². The van der Waals surface area contributed by atoms with Crippen molar-refractivity contribution in [2.24, 2.45) is 0 Å². The lowest BCUT2D eigenvalue weighted by Gasteiger charge is -2.27. The summed E-state index contributed by atoms with van der Waals surface area (Å²) in [5.74, 6) is -0.118. The summed E-state index contributed by atoms with van der Waals surface area (Å²) < 4.78 is 13.0. The van der Waals surface area contributed by atoms with Gasteiger partial charge in [0.25, 0.3) is 0 Å². The van der Waals surface area contributed by atoms with Crippen molar-refractivity contribution >= 4 is 5.91 Å². The predicted molar refractivity (Wildman–Crippen MR) is 85.6 cm³/mol. The first-order valence-electron chi connectivity index (χ1n) is 7.35. The molecule has 0 aromatic heterocycles. The van der Waals surface area contributed by atoms with E-state index < -0.39 is 11.8 Å². The molecule has 1 aliphatic heterocycles. The van der Waals surface area contributed by atoms with Crippen molar-refractivity contribution in [3.8, 4) is 0 Å². The van der Waals surface area contributed by atoms with Crippen LogP contribution >= 0.6 is 0 Å². The van der Waals surface area contributed by atoms with Crippen molar-refractivity contribution in [3.05, 3.63) is 37.3 Å². The number of carbonyl (C=O) groups excluding carboxylic acids is 1. The number of amides is 1. The van der Waals surface area contributed by atoms with E-state index in [9.17, 15) is 14.3 Å². The molecule has 0 bridgehead atoms. The van der Waals surface area contributed by atoms with Gasteiger partial charge in [0.15, 0.2) is 0 Å². The normalized spacial score (nSPS) is 18.5. The van der Waals surface area contributed by atoms with Gasteiger partial charge in [-0.2, -0.15) is 0 Å². The zero-order valence-corrected chi connectivity index (χ0v) is 13.4. The third kappa shape index (κ3) is 6.30. The molecule has 6 heteroatoms. The number of hydrogen-bond acceptors (Lipinski definition) is 4. The van der Waals surface area contributed by atoms with Gasteiger partial charge in [-0.25, -0.2) is 4.39 Å². The van der Waals surface area contributed by atoms with Crippen molar-refractivity contribution in [2.75, 3.05) is 26.2 Å². The van der Waals surface area contributed by atoms with Gasteiger partial charge in [0.2, 0.25) is 5.91 Å². The van der Waals surface area contributed by atoms with E-state index >= 15 is 0 Å². The monoisotopic (exact) mass is 311 g/mol. The summed E-state index contributed by atoms with van der Waals surface area (Å²) in [6, 6.07) is 0. The quantitative estimate of drug-likeness (QED) is 0.665. The molecule has 0 aromatic rings. The van der Waals surface area contributed by atoms with E-state index in [2.05, 4.69) is 18.5 Å². The first-order chi connectivity index (χ1) is 10.2. The summed E-state index contributed by atoms with van der Waals surface area (Å²) in [6.45, 7) is 12.1. The zero-order chi connectivity index (χ0) is 16.8. The number of likely N-dealkylation sites (tertiary alicyclic amines) is 1. The van der Waals surface area contributed by atoms with Crippen LogP contribution in [0.1, 0.15) is 20.3 Å². The second-order valence-corrected chi connectivity index (χ2v) is 6.05. The Kier molecular flexibility index (Phi) is 6.61. The number of nitrogens with zero attached hydrogens (tertiary/aromatic N) is 2. The average Bonchev–Trinajstić information content (AvgIpc) is 2.86. The van der Waals surface area contributed by atoms with Crippen molar-refractivity contribution in [1.29, 1.82) is 0 Å². The number of halogens is 1. The molecule has 124 valence electrons. The molecular weight excluding hydrogens is 285 g/mol. The second-order valence-electron chi connectivity index (χ2n) is 6.05. The van der Waals surface area contributed by atoms with Crippen LogP contribution in [0.4, 0.5) is 4.39 Å². The number of aliphatic hydroxyl groups is 1. The fraction of sp³-hybridized carbons (Fsp3) is 0.562. The number of nitrogens with one attached hydrogen (secondary N) is 1. The maximum atomic E-state index is 13.0. The van der Waals surface area contributed by atoms with Crippen LogP contribution < -0.4 is 5.32 Å². The number of allylic oxidation sites excluding steroid dienone is 1. The van der Waals surface area contributed by atoms with Crippen LogP contribution in [0.25, 0.3) is 0 Å². The average molecular weight is 311 g/mol. The van der Waals surface area contributed by atoms with E-state index in [1.54, 1.807) is 37.2 Å². The van der Waals surface area contributed by atoms with Crippen molar-refractivity contribution in [2.45, 2.75) is 32.0 Å². The highest BCUT2D eigenvalue weighted by atomic mass is 19.1. The number of rotatable bonds is 8.